The van der Waals surface area contributed by atoms with Gasteiger partial charge in [0.15, 0.2) is 5.75 Å². The maximum absolute atomic E-state index is 11.6. The van der Waals surface area contributed by atoms with E-state index in [1.54, 1.807) is 4.72 Å². The summed E-state index contributed by atoms with van der Waals surface area (Å²) in [5.41, 5.74) is 0. The highest BCUT2D eigenvalue weighted by atomic mass is 32.2. The van der Waals surface area contributed by atoms with Crippen LogP contribution in [0.2, 0.25) is 0 Å². The summed E-state index contributed by atoms with van der Waals surface area (Å²) in [6.45, 7) is -0.422. The molecule has 0 aromatic carbocycles. The second-order valence-electron chi connectivity index (χ2n) is 2.77. The van der Waals surface area contributed by atoms with Gasteiger partial charge in [-0.25, -0.2) is 13.1 Å². The minimum Gasteiger partial charge on any atom is -0.480 e. The normalized spacial score (nSPS) is 12.7. The first-order chi connectivity index (χ1) is 6.62. The molecule has 0 heterocycles. The van der Waals surface area contributed by atoms with E-state index in [2.05, 4.69) is 0 Å². The number of sulfonamides is 1. The van der Waals surface area contributed by atoms with Crippen LogP contribution in [-0.4, -0.2) is 38.0 Å². The van der Waals surface area contributed by atoms with E-state index in [0.717, 1.165) is 0 Å². The molecule has 0 saturated heterocycles. The fourth-order valence-electron chi connectivity index (χ4n) is 0.730. The molecule has 0 amide bonds. The lowest BCUT2D eigenvalue weighted by atomic mass is 10.3. The van der Waals surface area contributed by atoms with E-state index in [-0.39, 0.29) is 0 Å². The van der Waals surface area contributed by atoms with Gasteiger partial charge in [-0.2, -0.15) is 13.2 Å². The first-order valence-corrected chi connectivity index (χ1v) is 5.53. The Morgan fingerprint density at radius 1 is 1.33 bits per heavy atom. The Hall–Kier alpha value is -0.830. The molecule has 0 aromatic heterocycles. The van der Waals surface area contributed by atoms with Crippen LogP contribution < -0.4 is 4.72 Å². The Morgan fingerprint density at radius 2 is 1.87 bits per heavy atom. The van der Waals surface area contributed by atoms with E-state index in [1.807, 2.05) is 0 Å². The molecule has 0 spiro atoms. The Kier molecular flexibility index (Phi) is 5.01. The molecule has 0 aliphatic rings. The zero-order valence-corrected chi connectivity index (χ0v) is 8.36. The summed E-state index contributed by atoms with van der Waals surface area (Å²) in [6.07, 6.45) is -5.86. The Balaban J connectivity index is 3.82. The first kappa shape index (κ1) is 14.2. The lowest BCUT2D eigenvalue weighted by molar-refractivity contribution is -0.135. The van der Waals surface area contributed by atoms with Crippen molar-refractivity contribution in [3.05, 3.63) is 0 Å². The molecule has 0 aliphatic carbocycles. The number of hydrogen-bond acceptors (Lipinski definition) is 3. The van der Waals surface area contributed by atoms with Gasteiger partial charge in [0.2, 0.25) is 10.0 Å². The van der Waals surface area contributed by atoms with E-state index in [0.29, 0.717) is 0 Å². The summed E-state index contributed by atoms with van der Waals surface area (Å²) in [6, 6.07) is 0. The van der Waals surface area contributed by atoms with Crippen molar-refractivity contribution in [2.24, 2.45) is 0 Å². The van der Waals surface area contributed by atoms with Gasteiger partial charge in [0, 0.05) is 13.0 Å². The summed E-state index contributed by atoms with van der Waals surface area (Å²) in [5, 5.41) is 8.14. The quantitative estimate of drug-likeness (QED) is 0.664. The highest BCUT2D eigenvalue weighted by Crippen LogP contribution is 2.20. The molecule has 0 aromatic rings. The number of hydrogen-bond donors (Lipinski definition) is 2. The molecule has 90 valence electrons. The number of carboxylic acids is 1. The molecular formula is C6H10F3NO4S. The highest BCUT2D eigenvalue weighted by Gasteiger charge is 2.26. The maximum atomic E-state index is 11.6. The van der Waals surface area contributed by atoms with Gasteiger partial charge in [-0.05, 0) is 6.42 Å². The second kappa shape index (κ2) is 5.31. The molecule has 0 fully saturated rings. The van der Waals surface area contributed by atoms with Crippen LogP contribution >= 0.6 is 0 Å². The van der Waals surface area contributed by atoms with Gasteiger partial charge in [-0.3, -0.25) is 4.79 Å². The number of rotatable bonds is 6. The zero-order chi connectivity index (χ0) is 12.1. The summed E-state index contributed by atoms with van der Waals surface area (Å²) < 4.78 is 58.2. The molecule has 15 heavy (non-hydrogen) atoms. The largest absolute Gasteiger partial charge is 0.480 e. The van der Waals surface area contributed by atoms with E-state index in [4.69, 9.17) is 5.11 Å². The van der Waals surface area contributed by atoms with Crippen molar-refractivity contribution < 1.29 is 31.5 Å². The van der Waals surface area contributed by atoms with Crippen molar-refractivity contribution in [1.82, 2.24) is 4.72 Å². The van der Waals surface area contributed by atoms with Crippen LogP contribution in [-0.2, 0) is 14.8 Å². The van der Waals surface area contributed by atoms with E-state index < -0.39 is 47.3 Å². The summed E-state index contributed by atoms with van der Waals surface area (Å²) in [7, 11) is -4.02. The van der Waals surface area contributed by atoms with Gasteiger partial charge in [-0.15, -0.1) is 0 Å². The lowest BCUT2D eigenvalue weighted by Crippen LogP contribution is -2.31. The zero-order valence-electron chi connectivity index (χ0n) is 7.54. The van der Waals surface area contributed by atoms with Crippen LogP contribution in [0.4, 0.5) is 13.2 Å². The predicted octanol–water partition coefficient (Wildman–Crippen LogP) is 0.333. The van der Waals surface area contributed by atoms with E-state index in [1.165, 1.54) is 0 Å². The summed E-state index contributed by atoms with van der Waals surface area (Å²) in [4.78, 5) is 10.0. The summed E-state index contributed by atoms with van der Waals surface area (Å²) in [5.74, 6) is -2.70. The van der Waals surface area contributed by atoms with Gasteiger partial charge in [0.1, 0.15) is 0 Å². The molecule has 0 atom stereocenters. The fraction of sp³-hybridized carbons (Fsp3) is 0.833. The van der Waals surface area contributed by atoms with Crippen LogP contribution in [0, 0.1) is 0 Å². The van der Waals surface area contributed by atoms with Gasteiger partial charge in [-0.1, -0.05) is 0 Å². The van der Waals surface area contributed by atoms with Crippen LogP contribution in [0.25, 0.3) is 0 Å². The molecule has 0 rings (SSSR count). The van der Waals surface area contributed by atoms with Crippen LogP contribution in [0.15, 0.2) is 0 Å². The van der Waals surface area contributed by atoms with Crippen molar-refractivity contribution in [2.45, 2.75) is 19.0 Å². The van der Waals surface area contributed by atoms with Gasteiger partial charge in [0.05, 0.1) is 0 Å². The SMILES string of the molecule is O=C(O)CS(=O)(=O)NCCCC(F)(F)F. The third-order valence-corrected chi connectivity index (χ3v) is 2.54. The van der Waals surface area contributed by atoms with Crippen LogP contribution in [0.1, 0.15) is 12.8 Å². The molecule has 9 heteroatoms. The average molecular weight is 249 g/mol. The molecule has 0 aliphatic heterocycles. The van der Waals surface area contributed by atoms with Crippen LogP contribution in [0.5, 0.6) is 0 Å². The smallest absolute Gasteiger partial charge is 0.389 e. The number of halogens is 3. The van der Waals surface area contributed by atoms with Crippen molar-refractivity contribution in [1.29, 1.82) is 0 Å². The van der Waals surface area contributed by atoms with Crippen molar-refractivity contribution in [2.75, 3.05) is 12.3 Å². The Morgan fingerprint density at radius 3 is 2.27 bits per heavy atom. The van der Waals surface area contributed by atoms with Crippen molar-refractivity contribution in [3.63, 3.8) is 0 Å². The minimum atomic E-state index is -4.34. The number of alkyl halides is 3. The first-order valence-electron chi connectivity index (χ1n) is 3.88. The van der Waals surface area contributed by atoms with Gasteiger partial charge < -0.3 is 5.11 Å². The van der Waals surface area contributed by atoms with Gasteiger partial charge >= 0.3 is 12.1 Å². The summed E-state index contributed by atoms with van der Waals surface area (Å²) >= 11 is 0. The third kappa shape index (κ3) is 9.47. The second-order valence-corrected chi connectivity index (χ2v) is 4.57. The predicted molar refractivity (Wildman–Crippen MR) is 44.7 cm³/mol. The highest BCUT2D eigenvalue weighted by molar-refractivity contribution is 7.90. The number of carbonyl (C=O) groups is 1. The average Bonchev–Trinajstić information content (AvgIpc) is 1.93. The Bertz CT molecular complexity index is 311. The monoisotopic (exact) mass is 249 g/mol. The van der Waals surface area contributed by atoms with E-state index in [9.17, 15) is 26.4 Å². The third-order valence-electron chi connectivity index (χ3n) is 1.27. The number of carboxylic acid groups (broad SMARTS) is 1. The molecule has 0 saturated carbocycles. The number of aliphatic carboxylic acids is 1. The molecule has 0 unspecified atom stereocenters. The fourth-order valence-corrected chi connectivity index (χ4v) is 1.61. The standard InChI is InChI=1S/C6H10F3NO4S/c7-6(8,9)2-1-3-10-15(13,14)4-5(11)12/h10H,1-4H2,(H,11,12). The maximum Gasteiger partial charge on any atom is 0.389 e. The van der Waals surface area contributed by atoms with Gasteiger partial charge in [0.25, 0.3) is 0 Å². The van der Waals surface area contributed by atoms with Crippen molar-refractivity contribution >= 4 is 16.0 Å². The topological polar surface area (TPSA) is 83.5 Å². The molecule has 2 N–H and O–H groups in total. The minimum absolute atomic E-state index is 0.414. The molecule has 5 nitrogen and oxygen atoms in total. The van der Waals surface area contributed by atoms with E-state index >= 15 is 0 Å². The molecule has 0 radical (unpaired) electrons. The molecular weight excluding hydrogens is 239 g/mol. The molecule has 0 bridgehead atoms. The number of nitrogens with one attached hydrogen (secondary N) is 1. The lowest BCUT2D eigenvalue weighted by Gasteiger charge is -2.06. The Labute approximate surface area is 84.3 Å². The van der Waals surface area contributed by atoms with Crippen molar-refractivity contribution in [3.8, 4) is 0 Å². The van der Waals surface area contributed by atoms with Crippen LogP contribution in [0.3, 0.4) is 0 Å².